The Morgan fingerprint density at radius 2 is 1.82 bits per heavy atom. The van der Waals surface area contributed by atoms with Gasteiger partial charge in [0, 0.05) is 42.5 Å². The standard InChI is InChI=1S/C27H27ClN4O4S2/c1-19-17-21(28)18-24-25(19)29-27(37-24)32(12-11-31-13-15-36-16-14-31)26(33)20-7-9-22(10-8-20)30-38(34,35)23-5-3-2-4-6-23/h2-10,17-18,30H,11-16H2,1H3. The van der Waals surface area contributed by atoms with E-state index >= 15 is 0 Å². The number of anilines is 2. The molecular formula is C27H27ClN4O4S2. The fourth-order valence-electron chi connectivity index (χ4n) is 4.26. The molecule has 0 bridgehead atoms. The fraction of sp³-hybridized carbons (Fsp3) is 0.259. The molecule has 11 heteroatoms. The number of halogens is 1. The van der Waals surface area contributed by atoms with Crippen molar-refractivity contribution < 1.29 is 17.9 Å². The zero-order chi connectivity index (χ0) is 26.7. The lowest BCUT2D eigenvalue weighted by molar-refractivity contribution is 0.0391. The predicted octanol–water partition coefficient (Wildman–Crippen LogP) is 5.04. The monoisotopic (exact) mass is 570 g/mol. The van der Waals surface area contributed by atoms with Crippen LogP contribution in [0.4, 0.5) is 10.8 Å². The SMILES string of the molecule is Cc1cc(Cl)cc2sc(N(CCN3CCOCC3)C(=O)c3ccc(NS(=O)(=O)c4ccccc4)cc3)nc12. The number of benzene rings is 3. The van der Waals surface area contributed by atoms with Crippen molar-refractivity contribution in [2.24, 2.45) is 0 Å². The maximum Gasteiger partial charge on any atom is 0.261 e. The number of hydrogen-bond acceptors (Lipinski definition) is 7. The van der Waals surface area contributed by atoms with Gasteiger partial charge in [0.05, 0.1) is 28.3 Å². The Labute approximate surface area is 230 Å². The first-order valence-corrected chi connectivity index (χ1v) is 14.8. The first-order valence-electron chi connectivity index (χ1n) is 12.2. The number of aromatic nitrogens is 1. The minimum Gasteiger partial charge on any atom is -0.379 e. The molecule has 1 aliphatic rings. The van der Waals surface area contributed by atoms with Crippen molar-refractivity contribution in [1.29, 1.82) is 0 Å². The van der Waals surface area contributed by atoms with Gasteiger partial charge in [0.15, 0.2) is 5.13 Å². The van der Waals surface area contributed by atoms with Crippen molar-refractivity contribution in [2.75, 3.05) is 49.0 Å². The molecule has 2 heterocycles. The van der Waals surface area contributed by atoms with Crippen LogP contribution in [0.15, 0.2) is 71.6 Å². The highest BCUT2D eigenvalue weighted by molar-refractivity contribution is 7.92. The topological polar surface area (TPSA) is 91.8 Å². The third-order valence-corrected chi connectivity index (χ3v) is 8.94. The highest BCUT2D eigenvalue weighted by atomic mass is 35.5. The van der Waals surface area contributed by atoms with Gasteiger partial charge in [-0.3, -0.25) is 19.3 Å². The van der Waals surface area contributed by atoms with Crippen LogP contribution in [0.2, 0.25) is 5.02 Å². The van der Waals surface area contributed by atoms with Gasteiger partial charge in [0.25, 0.3) is 15.9 Å². The summed E-state index contributed by atoms with van der Waals surface area (Å²) in [6, 6.07) is 18.3. The minimum absolute atomic E-state index is 0.167. The summed E-state index contributed by atoms with van der Waals surface area (Å²) in [5, 5.41) is 1.22. The van der Waals surface area contributed by atoms with Crippen LogP contribution < -0.4 is 9.62 Å². The van der Waals surface area contributed by atoms with Crippen molar-refractivity contribution in [3.63, 3.8) is 0 Å². The van der Waals surface area contributed by atoms with Crippen molar-refractivity contribution in [2.45, 2.75) is 11.8 Å². The summed E-state index contributed by atoms with van der Waals surface area (Å²) in [5.41, 5.74) is 2.58. The summed E-state index contributed by atoms with van der Waals surface area (Å²) in [5.74, 6) is -0.210. The van der Waals surface area contributed by atoms with E-state index in [0.717, 1.165) is 28.9 Å². The van der Waals surface area contributed by atoms with Gasteiger partial charge in [0.2, 0.25) is 0 Å². The average Bonchev–Trinajstić information content (AvgIpc) is 3.34. The maximum atomic E-state index is 13.7. The van der Waals surface area contributed by atoms with E-state index in [1.54, 1.807) is 47.4 Å². The van der Waals surface area contributed by atoms with Crippen LogP contribution in [0.25, 0.3) is 10.2 Å². The summed E-state index contributed by atoms with van der Waals surface area (Å²) < 4.78 is 34.3. The second-order valence-corrected chi connectivity index (χ2v) is 12.1. The number of fused-ring (bicyclic) bond motifs is 1. The van der Waals surface area contributed by atoms with Crippen LogP contribution in [-0.4, -0.2) is 63.6 Å². The molecule has 8 nitrogen and oxygen atoms in total. The summed E-state index contributed by atoms with van der Waals surface area (Å²) in [7, 11) is -3.73. The number of aryl methyl sites for hydroxylation is 1. The Balaban J connectivity index is 1.40. The second-order valence-electron chi connectivity index (χ2n) is 8.97. The molecular weight excluding hydrogens is 544 g/mol. The Morgan fingerprint density at radius 3 is 2.53 bits per heavy atom. The van der Waals surface area contributed by atoms with Crippen molar-refractivity contribution in [3.8, 4) is 0 Å². The number of carbonyl (C=O) groups excluding carboxylic acids is 1. The van der Waals surface area contributed by atoms with E-state index in [9.17, 15) is 13.2 Å². The fourth-order valence-corrected chi connectivity index (χ4v) is 6.78. The number of hydrogen-bond donors (Lipinski definition) is 1. The molecule has 198 valence electrons. The number of morpholine rings is 1. The largest absolute Gasteiger partial charge is 0.379 e. The average molecular weight is 571 g/mol. The molecule has 1 aromatic heterocycles. The van der Waals surface area contributed by atoms with Gasteiger partial charge < -0.3 is 4.74 Å². The number of nitrogens with zero attached hydrogens (tertiary/aromatic N) is 3. The van der Waals surface area contributed by atoms with Gasteiger partial charge in [-0.15, -0.1) is 0 Å². The van der Waals surface area contributed by atoms with E-state index in [0.29, 0.717) is 47.7 Å². The van der Waals surface area contributed by atoms with Gasteiger partial charge in [-0.2, -0.15) is 0 Å². The lowest BCUT2D eigenvalue weighted by atomic mass is 10.2. The maximum absolute atomic E-state index is 13.7. The van der Waals surface area contributed by atoms with Gasteiger partial charge in [-0.05, 0) is 61.0 Å². The molecule has 0 radical (unpaired) electrons. The van der Waals surface area contributed by atoms with Crippen molar-refractivity contribution in [3.05, 3.63) is 82.9 Å². The van der Waals surface area contributed by atoms with Gasteiger partial charge in [-0.25, -0.2) is 13.4 Å². The molecule has 1 saturated heterocycles. The first-order chi connectivity index (χ1) is 18.3. The normalized spacial score (nSPS) is 14.5. The third kappa shape index (κ3) is 6.00. The zero-order valence-corrected chi connectivity index (χ0v) is 23.2. The van der Waals surface area contributed by atoms with Crippen LogP contribution in [0.3, 0.4) is 0 Å². The van der Waals surface area contributed by atoms with Crippen LogP contribution in [0.1, 0.15) is 15.9 Å². The molecule has 1 amide bonds. The number of sulfonamides is 1. The molecule has 0 unspecified atom stereocenters. The smallest absolute Gasteiger partial charge is 0.261 e. The highest BCUT2D eigenvalue weighted by Crippen LogP contribution is 2.33. The number of ether oxygens (including phenoxy) is 1. The quantitative estimate of drug-likeness (QED) is 0.319. The van der Waals surface area contributed by atoms with Crippen LogP contribution in [-0.2, 0) is 14.8 Å². The first kappa shape index (κ1) is 26.6. The van der Waals surface area contributed by atoms with E-state index in [-0.39, 0.29) is 10.8 Å². The van der Waals surface area contributed by atoms with Crippen molar-refractivity contribution in [1.82, 2.24) is 9.88 Å². The molecule has 1 N–H and O–H groups in total. The van der Waals surface area contributed by atoms with Crippen molar-refractivity contribution >= 4 is 59.9 Å². The summed E-state index contributed by atoms with van der Waals surface area (Å²) >= 11 is 7.69. The Morgan fingerprint density at radius 1 is 1.11 bits per heavy atom. The third-order valence-electron chi connectivity index (χ3n) is 6.30. The molecule has 0 saturated carbocycles. The van der Waals surface area contributed by atoms with Crippen LogP contribution in [0, 0.1) is 6.92 Å². The number of nitrogens with one attached hydrogen (secondary N) is 1. The van der Waals surface area contributed by atoms with Gasteiger partial charge in [-0.1, -0.05) is 41.1 Å². The van der Waals surface area contributed by atoms with E-state index in [4.69, 9.17) is 21.3 Å². The summed E-state index contributed by atoms with van der Waals surface area (Å²) in [6.45, 7) is 6.06. The molecule has 1 fully saturated rings. The van der Waals surface area contributed by atoms with Crippen LogP contribution >= 0.6 is 22.9 Å². The molecule has 38 heavy (non-hydrogen) atoms. The highest BCUT2D eigenvalue weighted by Gasteiger charge is 2.24. The van der Waals surface area contributed by atoms with Gasteiger partial charge >= 0.3 is 0 Å². The summed E-state index contributed by atoms with van der Waals surface area (Å²) in [6.07, 6.45) is 0. The van der Waals surface area contributed by atoms with E-state index in [1.165, 1.54) is 23.5 Å². The lowest BCUT2D eigenvalue weighted by Gasteiger charge is -2.29. The molecule has 1 aliphatic heterocycles. The predicted molar refractivity (Wildman–Crippen MR) is 152 cm³/mol. The molecule has 0 aliphatic carbocycles. The Kier molecular flexibility index (Phi) is 7.96. The zero-order valence-electron chi connectivity index (χ0n) is 20.8. The Hall–Kier alpha value is -3.02. The lowest BCUT2D eigenvalue weighted by Crippen LogP contribution is -2.43. The molecule has 0 spiro atoms. The number of rotatable bonds is 8. The molecule has 0 atom stereocenters. The summed E-state index contributed by atoms with van der Waals surface area (Å²) in [4.78, 5) is 22.7. The Bertz CT molecular complexity index is 1540. The molecule has 4 aromatic rings. The number of thiazole rings is 1. The van der Waals surface area contributed by atoms with E-state index < -0.39 is 10.0 Å². The number of amides is 1. The minimum atomic E-state index is -3.73. The van der Waals surface area contributed by atoms with E-state index in [2.05, 4.69) is 9.62 Å². The van der Waals surface area contributed by atoms with Gasteiger partial charge in [0.1, 0.15) is 0 Å². The van der Waals surface area contributed by atoms with E-state index in [1.807, 2.05) is 19.1 Å². The molecule has 5 rings (SSSR count). The van der Waals surface area contributed by atoms with Crippen LogP contribution in [0.5, 0.6) is 0 Å². The second kappa shape index (κ2) is 11.4. The molecule has 3 aromatic carbocycles. The number of carbonyl (C=O) groups is 1.